The fourth-order valence-electron chi connectivity index (χ4n) is 5.62. The molecule has 2 aliphatic rings. The van der Waals surface area contributed by atoms with E-state index in [-0.39, 0.29) is 13.0 Å². The molecule has 266 valence electrons. The molecule has 0 aliphatic carbocycles. The third-order valence-corrected chi connectivity index (χ3v) is 8.21. The molecular formula is C34H43N3O12. The molecular weight excluding hydrogens is 642 g/mol. The van der Waals surface area contributed by atoms with Crippen LogP contribution in [0.5, 0.6) is 5.75 Å². The Morgan fingerprint density at radius 3 is 2.47 bits per heavy atom. The standard InChI is InChI=1S/C34H43N3O12/c1-2-3-14-47-24-10-8-22(9-11-24)21-48-34(33(44)45)18-26(39)30(36-29(42)20-38)32(49-34)31(43)27(40)19-35-28(41)17-23-6-4-5-7-25(23)37-12-15-46-16-13-37/h1,4-11,26-27,30-32,38-40,43H,3,12-21H2,(H,35,41)(H,36,42)(H,44,45)/t26-,27+,30+,31+,32+,34+/m0/s1. The highest BCUT2D eigenvalue weighted by Crippen LogP contribution is 2.34. The van der Waals surface area contributed by atoms with E-state index in [0.29, 0.717) is 50.6 Å². The number of carboxylic acids is 1. The molecule has 15 heteroatoms. The van der Waals surface area contributed by atoms with Crippen molar-refractivity contribution < 1.29 is 58.9 Å². The SMILES string of the molecule is C#CCCOc1ccc(CO[C@]2(C(=O)O)C[C@H](O)[C@@H](NC(=O)CO)[C@H]([C@H](O)[C@H](O)CNC(=O)Cc3ccccc3N3CCOCC3)O2)cc1. The number of ether oxygens (including phenoxy) is 4. The second-order valence-electron chi connectivity index (χ2n) is 11.7. The molecule has 6 atom stereocenters. The van der Waals surface area contributed by atoms with Crippen molar-refractivity contribution in [1.29, 1.82) is 0 Å². The van der Waals surface area contributed by atoms with Crippen LogP contribution in [0.1, 0.15) is 24.0 Å². The number of carbonyl (C=O) groups excluding carboxylic acids is 2. The third-order valence-electron chi connectivity index (χ3n) is 8.21. The van der Waals surface area contributed by atoms with Gasteiger partial charge in [-0.15, -0.1) is 12.3 Å². The average molecular weight is 686 g/mol. The van der Waals surface area contributed by atoms with Crippen molar-refractivity contribution in [2.24, 2.45) is 0 Å². The first-order valence-electron chi connectivity index (χ1n) is 15.9. The van der Waals surface area contributed by atoms with Gasteiger partial charge in [0, 0.05) is 38.2 Å². The van der Waals surface area contributed by atoms with Crippen LogP contribution in [0.4, 0.5) is 5.69 Å². The molecule has 0 bridgehead atoms. The van der Waals surface area contributed by atoms with Crippen LogP contribution in [0.3, 0.4) is 0 Å². The summed E-state index contributed by atoms with van der Waals surface area (Å²) in [5.74, 6) is -2.56. The Balaban J connectivity index is 1.44. The number of hydrogen-bond donors (Lipinski definition) is 7. The van der Waals surface area contributed by atoms with E-state index in [9.17, 15) is 39.9 Å². The molecule has 2 aliphatic heterocycles. The number of nitrogens with zero attached hydrogens (tertiary/aromatic N) is 1. The van der Waals surface area contributed by atoms with Gasteiger partial charge in [-0.05, 0) is 29.3 Å². The van der Waals surface area contributed by atoms with Crippen molar-refractivity contribution >= 4 is 23.5 Å². The molecule has 2 heterocycles. The van der Waals surface area contributed by atoms with E-state index in [4.69, 9.17) is 25.4 Å². The lowest BCUT2D eigenvalue weighted by Gasteiger charge is -2.46. The number of amides is 2. The van der Waals surface area contributed by atoms with Gasteiger partial charge in [-0.3, -0.25) is 9.59 Å². The maximum Gasteiger partial charge on any atom is 0.364 e. The van der Waals surface area contributed by atoms with Gasteiger partial charge in [0.05, 0.1) is 51.1 Å². The summed E-state index contributed by atoms with van der Waals surface area (Å²) in [5, 5.41) is 57.5. The van der Waals surface area contributed by atoms with Gasteiger partial charge < -0.3 is 60.0 Å². The highest BCUT2D eigenvalue weighted by Gasteiger charge is 2.56. The van der Waals surface area contributed by atoms with Crippen LogP contribution in [-0.2, 0) is 41.6 Å². The summed E-state index contributed by atoms with van der Waals surface area (Å²) >= 11 is 0. The van der Waals surface area contributed by atoms with Crippen molar-refractivity contribution in [2.75, 3.05) is 51.0 Å². The van der Waals surface area contributed by atoms with Crippen LogP contribution in [-0.4, -0.2) is 126 Å². The number of terminal acetylenes is 1. The minimum atomic E-state index is -2.51. The lowest BCUT2D eigenvalue weighted by atomic mass is 9.88. The van der Waals surface area contributed by atoms with Crippen LogP contribution < -0.4 is 20.3 Å². The van der Waals surface area contributed by atoms with Gasteiger partial charge in [-0.2, -0.15) is 0 Å². The van der Waals surface area contributed by atoms with E-state index in [1.54, 1.807) is 30.3 Å². The molecule has 15 nitrogen and oxygen atoms in total. The Labute approximate surface area is 283 Å². The average Bonchev–Trinajstić information content (AvgIpc) is 3.11. The minimum absolute atomic E-state index is 0.0296. The lowest BCUT2D eigenvalue weighted by molar-refractivity contribution is -0.314. The largest absolute Gasteiger partial charge is 0.493 e. The number of para-hydroxylation sites is 1. The number of carboxylic acid groups (broad SMARTS) is 1. The van der Waals surface area contributed by atoms with Crippen molar-refractivity contribution in [3.05, 3.63) is 59.7 Å². The molecule has 2 aromatic carbocycles. The smallest absolute Gasteiger partial charge is 0.364 e. The highest BCUT2D eigenvalue weighted by molar-refractivity contribution is 5.81. The number of benzene rings is 2. The van der Waals surface area contributed by atoms with Crippen molar-refractivity contribution in [3.63, 3.8) is 0 Å². The van der Waals surface area contributed by atoms with E-state index in [1.165, 1.54) is 0 Å². The van der Waals surface area contributed by atoms with Gasteiger partial charge in [-0.1, -0.05) is 30.3 Å². The topological polar surface area (TPSA) is 217 Å². The summed E-state index contributed by atoms with van der Waals surface area (Å²) in [6.07, 6.45) is -2.15. The Hall–Kier alpha value is -4.27. The molecule has 0 spiro atoms. The number of carbonyl (C=O) groups is 3. The highest BCUT2D eigenvalue weighted by atomic mass is 16.7. The Morgan fingerprint density at radius 2 is 1.80 bits per heavy atom. The fraction of sp³-hybridized carbons (Fsp3) is 0.500. The van der Waals surface area contributed by atoms with Gasteiger partial charge >= 0.3 is 5.97 Å². The van der Waals surface area contributed by atoms with Crippen molar-refractivity contribution in [2.45, 2.75) is 62.1 Å². The summed E-state index contributed by atoms with van der Waals surface area (Å²) in [7, 11) is 0. The zero-order valence-electron chi connectivity index (χ0n) is 26.9. The number of rotatable bonds is 16. The molecule has 4 rings (SSSR count). The first-order chi connectivity index (χ1) is 23.6. The van der Waals surface area contributed by atoms with Crippen LogP contribution >= 0.6 is 0 Å². The zero-order chi connectivity index (χ0) is 35.4. The summed E-state index contributed by atoms with van der Waals surface area (Å²) in [6.45, 7) is 1.02. The van der Waals surface area contributed by atoms with Gasteiger partial charge in [0.1, 0.15) is 24.6 Å². The normalized spacial score (nSPS) is 23.5. The molecule has 0 aromatic heterocycles. The van der Waals surface area contributed by atoms with Gasteiger partial charge in [-0.25, -0.2) is 4.79 Å². The Morgan fingerprint density at radius 1 is 1.08 bits per heavy atom. The molecule has 49 heavy (non-hydrogen) atoms. The predicted molar refractivity (Wildman–Crippen MR) is 173 cm³/mol. The molecule has 0 saturated carbocycles. The Kier molecular flexibility index (Phi) is 13.7. The lowest BCUT2D eigenvalue weighted by Crippen LogP contribution is -2.68. The summed E-state index contributed by atoms with van der Waals surface area (Å²) in [5.41, 5.74) is 2.15. The van der Waals surface area contributed by atoms with Crippen LogP contribution in [0.25, 0.3) is 0 Å². The first-order valence-corrected chi connectivity index (χ1v) is 15.9. The van der Waals surface area contributed by atoms with E-state index in [2.05, 4.69) is 21.5 Å². The number of hydrogen-bond acceptors (Lipinski definition) is 12. The van der Waals surface area contributed by atoms with Crippen LogP contribution in [0, 0.1) is 12.3 Å². The van der Waals surface area contributed by atoms with Crippen molar-refractivity contribution in [1.82, 2.24) is 10.6 Å². The molecule has 2 amide bonds. The predicted octanol–water partition coefficient (Wildman–Crippen LogP) is -1.07. The van der Waals surface area contributed by atoms with E-state index in [1.807, 2.05) is 18.2 Å². The van der Waals surface area contributed by atoms with Gasteiger partial charge in [0.25, 0.3) is 5.79 Å². The zero-order valence-corrected chi connectivity index (χ0v) is 26.9. The summed E-state index contributed by atoms with van der Waals surface area (Å²) < 4.78 is 22.4. The maximum absolute atomic E-state index is 12.9. The Bertz CT molecular complexity index is 1440. The fourth-order valence-corrected chi connectivity index (χ4v) is 5.62. The summed E-state index contributed by atoms with van der Waals surface area (Å²) in [6, 6.07) is 12.5. The monoisotopic (exact) mass is 685 g/mol. The molecule has 2 aromatic rings. The molecule has 2 fully saturated rings. The minimum Gasteiger partial charge on any atom is -0.493 e. The van der Waals surface area contributed by atoms with Crippen LogP contribution in [0.2, 0.25) is 0 Å². The second kappa shape index (κ2) is 17.9. The molecule has 0 radical (unpaired) electrons. The van der Waals surface area contributed by atoms with Gasteiger partial charge in [0.15, 0.2) is 0 Å². The number of aliphatic hydroxyl groups is 4. The maximum atomic E-state index is 12.9. The second-order valence-corrected chi connectivity index (χ2v) is 11.7. The molecule has 2 saturated heterocycles. The van der Waals surface area contributed by atoms with Crippen molar-refractivity contribution in [3.8, 4) is 18.1 Å². The number of nitrogens with one attached hydrogen (secondary N) is 2. The van der Waals surface area contributed by atoms with Gasteiger partial charge in [0.2, 0.25) is 11.8 Å². The number of aliphatic hydroxyl groups excluding tert-OH is 4. The molecule has 0 unspecified atom stereocenters. The van der Waals surface area contributed by atoms with E-state index >= 15 is 0 Å². The number of aliphatic carboxylic acids is 1. The van der Waals surface area contributed by atoms with E-state index in [0.717, 1.165) is 11.3 Å². The summed E-state index contributed by atoms with van der Waals surface area (Å²) in [4.78, 5) is 39.7. The quantitative estimate of drug-likeness (QED) is 0.0829. The molecule has 7 N–H and O–H groups in total. The van der Waals surface area contributed by atoms with E-state index < -0.39 is 73.6 Å². The number of morpholine rings is 1. The number of anilines is 1. The first kappa shape index (κ1) is 37.5. The van der Waals surface area contributed by atoms with Crippen LogP contribution in [0.15, 0.2) is 48.5 Å². The third kappa shape index (κ3) is 10.1.